The Morgan fingerprint density at radius 2 is 1.51 bits per heavy atom. The minimum atomic E-state index is -3.02. The van der Waals surface area contributed by atoms with Crippen molar-refractivity contribution in [3.05, 3.63) is 54.6 Å². The summed E-state index contributed by atoms with van der Waals surface area (Å²) in [5, 5.41) is 41.9. The number of carboxylic acid groups (broad SMARTS) is 3. The molecule has 0 aliphatic carbocycles. The summed E-state index contributed by atoms with van der Waals surface area (Å²) in [6, 6.07) is 4.97. The highest BCUT2D eigenvalue weighted by molar-refractivity contribution is 5.94. The first kappa shape index (κ1) is 39.0. The number of ketones is 1. The molecule has 0 fully saturated rings. The second-order valence-electron chi connectivity index (χ2n) is 11.2. The summed E-state index contributed by atoms with van der Waals surface area (Å²) in [5.41, 5.74) is -2.48. The second-order valence-corrected chi connectivity index (χ2v) is 11.2. The highest BCUT2D eigenvalue weighted by atomic mass is 16.5. The third kappa shape index (κ3) is 15.5. The van der Waals surface area contributed by atoms with E-state index in [-0.39, 0.29) is 18.8 Å². The molecule has 45 heavy (non-hydrogen) atoms. The average Bonchev–Trinajstić information content (AvgIpc) is 2.98. The second kappa shape index (κ2) is 21.7. The average molecular weight is 632 g/mol. The molecule has 0 aliphatic rings. The Morgan fingerprint density at radius 1 is 0.911 bits per heavy atom. The van der Waals surface area contributed by atoms with Crippen molar-refractivity contribution in [3.8, 4) is 5.75 Å². The Morgan fingerprint density at radius 3 is 2.04 bits per heavy atom. The number of aliphatic hydroxyl groups is 1. The molecule has 0 heterocycles. The molecule has 0 bridgehead atoms. The number of Topliss-reactive ketones (excluding diaryl/α,β-unsaturated/α-hetero) is 1. The Labute approximate surface area is 265 Å². The lowest BCUT2D eigenvalue weighted by atomic mass is 9.82. The van der Waals surface area contributed by atoms with Crippen molar-refractivity contribution in [3.63, 3.8) is 0 Å². The quantitative estimate of drug-likeness (QED) is 0.0680. The van der Waals surface area contributed by atoms with Gasteiger partial charge in [-0.2, -0.15) is 0 Å². The highest BCUT2D eigenvalue weighted by Gasteiger charge is 2.49. The van der Waals surface area contributed by atoms with E-state index in [1.165, 1.54) is 12.5 Å². The smallest absolute Gasteiger partial charge is 0.337 e. The summed E-state index contributed by atoms with van der Waals surface area (Å²) in [6.45, 7) is 5.99. The van der Waals surface area contributed by atoms with Gasteiger partial charge in [-0.25, -0.2) is 9.59 Å². The Bertz CT molecular complexity index is 1130. The Balaban J connectivity index is 2.82. The summed E-state index contributed by atoms with van der Waals surface area (Å²) in [5.74, 6) is -7.18. The van der Waals surface area contributed by atoms with Gasteiger partial charge < -0.3 is 30.5 Å². The number of amides is 1. The van der Waals surface area contributed by atoms with Crippen LogP contribution in [0.15, 0.2) is 49.1 Å². The van der Waals surface area contributed by atoms with E-state index >= 15 is 0 Å². The SMILES string of the molecule is C=CCOc1ccc(CC(NC(=O)[C@@H](/C=C/CCCCCCC(=O)CCCCCCC)[C@@](O)(CC(=O)O)C(=O)O)C(=O)O)cc1. The number of carbonyl (C=O) groups excluding carboxylic acids is 2. The topological polar surface area (TPSA) is 188 Å². The molecular formula is C34H49NO10. The van der Waals surface area contributed by atoms with Crippen LogP contribution >= 0.6 is 0 Å². The number of hydrogen-bond donors (Lipinski definition) is 5. The number of ether oxygens (including phenoxy) is 1. The van der Waals surface area contributed by atoms with Crippen LogP contribution in [-0.4, -0.2) is 68.3 Å². The van der Waals surface area contributed by atoms with Gasteiger partial charge in [0, 0.05) is 19.3 Å². The van der Waals surface area contributed by atoms with Gasteiger partial charge in [0.25, 0.3) is 0 Å². The largest absolute Gasteiger partial charge is 0.490 e. The van der Waals surface area contributed by atoms with Gasteiger partial charge in [0.15, 0.2) is 5.60 Å². The number of aliphatic carboxylic acids is 3. The summed E-state index contributed by atoms with van der Waals surface area (Å²) >= 11 is 0. The van der Waals surface area contributed by atoms with Crippen molar-refractivity contribution in [2.75, 3.05) is 6.61 Å². The number of benzene rings is 1. The molecule has 0 aromatic heterocycles. The fourth-order valence-electron chi connectivity index (χ4n) is 4.81. The molecule has 3 atom stereocenters. The van der Waals surface area contributed by atoms with Gasteiger partial charge in [0.05, 0.1) is 12.3 Å². The van der Waals surface area contributed by atoms with E-state index in [0.29, 0.717) is 37.0 Å². The third-order valence-electron chi connectivity index (χ3n) is 7.40. The van der Waals surface area contributed by atoms with E-state index in [4.69, 9.17) is 4.74 Å². The van der Waals surface area contributed by atoms with Crippen molar-refractivity contribution >= 4 is 29.6 Å². The molecule has 1 unspecified atom stereocenters. The minimum absolute atomic E-state index is 0.162. The standard InChI is InChI=1S/C34H49NO10/c1-3-5-6-9-12-15-26(36)16-13-10-7-8-11-14-17-28(34(44,33(42)43)24-30(37)38)31(39)35-29(32(40)41)23-25-18-20-27(21-19-25)45-22-4-2/h4,14,17-21,28-29,44H,2-3,5-13,15-16,22-24H2,1H3,(H,35,39)(H,37,38)(H,40,41)(H,42,43)/b17-14+/t28-,29?,34+/m1/s1. The first-order valence-electron chi connectivity index (χ1n) is 15.7. The van der Waals surface area contributed by atoms with Gasteiger partial charge in [-0.05, 0) is 43.4 Å². The van der Waals surface area contributed by atoms with E-state index in [9.17, 15) is 44.4 Å². The number of unbranched alkanes of at least 4 members (excludes halogenated alkanes) is 8. The van der Waals surface area contributed by atoms with Crippen LogP contribution in [0.2, 0.25) is 0 Å². The summed E-state index contributed by atoms with van der Waals surface area (Å²) in [6.07, 6.45) is 12.8. The molecule has 250 valence electrons. The van der Waals surface area contributed by atoms with Gasteiger partial charge in [-0.15, -0.1) is 0 Å². The molecule has 0 radical (unpaired) electrons. The molecule has 1 rings (SSSR count). The number of nitrogens with one attached hydrogen (secondary N) is 1. The van der Waals surface area contributed by atoms with E-state index in [1.807, 2.05) is 0 Å². The molecule has 1 aromatic rings. The summed E-state index contributed by atoms with van der Waals surface area (Å²) < 4.78 is 5.40. The van der Waals surface area contributed by atoms with Crippen LogP contribution in [0.4, 0.5) is 0 Å². The molecular weight excluding hydrogens is 582 g/mol. The monoisotopic (exact) mass is 631 g/mol. The van der Waals surface area contributed by atoms with Crippen LogP contribution in [0.3, 0.4) is 0 Å². The Kier molecular flexibility index (Phi) is 18.8. The lowest BCUT2D eigenvalue weighted by Gasteiger charge is -2.29. The molecule has 0 saturated carbocycles. The maximum atomic E-state index is 13.2. The van der Waals surface area contributed by atoms with Crippen LogP contribution in [0.5, 0.6) is 5.75 Å². The number of carboxylic acids is 3. The zero-order chi connectivity index (χ0) is 33.7. The summed E-state index contributed by atoms with van der Waals surface area (Å²) in [4.78, 5) is 60.7. The maximum absolute atomic E-state index is 13.2. The third-order valence-corrected chi connectivity index (χ3v) is 7.40. The highest BCUT2D eigenvalue weighted by Crippen LogP contribution is 2.26. The van der Waals surface area contributed by atoms with Gasteiger partial charge in [-0.3, -0.25) is 14.4 Å². The Hall–Kier alpha value is -3.99. The number of carbonyl (C=O) groups is 5. The van der Waals surface area contributed by atoms with E-state index in [0.717, 1.165) is 51.0 Å². The normalized spacial score (nSPS) is 13.8. The lowest BCUT2D eigenvalue weighted by Crippen LogP contribution is -2.55. The van der Waals surface area contributed by atoms with E-state index in [1.54, 1.807) is 30.3 Å². The van der Waals surface area contributed by atoms with Crippen molar-refractivity contribution < 1.29 is 49.1 Å². The van der Waals surface area contributed by atoms with Crippen molar-refractivity contribution in [2.45, 2.75) is 108 Å². The van der Waals surface area contributed by atoms with Crippen LogP contribution < -0.4 is 10.1 Å². The molecule has 0 saturated heterocycles. The van der Waals surface area contributed by atoms with E-state index < -0.39 is 47.8 Å². The fourth-order valence-corrected chi connectivity index (χ4v) is 4.81. The van der Waals surface area contributed by atoms with Gasteiger partial charge in [-0.1, -0.05) is 82.4 Å². The molecule has 0 aliphatic heterocycles. The number of hydrogen-bond acceptors (Lipinski definition) is 7. The fraction of sp³-hybridized carbons (Fsp3) is 0.559. The van der Waals surface area contributed by atoms with E-state index in [2.05, 4.69) is 18.8 Å². The van der Waals surface area contributed by atoms with Gasteiger partial charge in [0.2, 0.25) is 5.91 Å². The van der Waals surface area contributed by atoms with Crippen LogP contribution in [0.25, 0.3) is 0 Å². The molecule has 11 nitrogen and oxygen atoms in total. The first-order chi connectivity index (χ1) is 21.4. The summed E-state index contributed by atoms with van der Waals surface area (Å²) in [7, 11) is 0. The van der Waals surface area contributed by atoms with Crippen molar-refractivity contribution in [1.82, 2.24) is 5.32 Å². The van der Waals surface area contributed by atoms with Crippen LogP contribution in [0, 0.1) is 5.92 Å². The van der Waals surface area contributed by atoms with Gasteiger partial charge in [0.1, 0.15) is 24.2 Å². The predicted octanol–water partition coefficient (Wildman–Crippen LogP) is 5.10. The van der Waals surface area contributed by atoms with Crippen LogP contribution in [-0.2, 0) is 30.4 Å². The molecule has 11 heteroatoms. The first-order valence-corrected chi connectivity index (χ1v) is 15.7. The molecule has 1 aromatic carbocycles. The molecule has 5 N–H and O–H groups in total. The van der Waals surface area contributed by atoms with Crippen molar-refractivity contribution in [2.24, 2.45) is 5.92 Å². The predicted molar refractivity (Wildman–Crippen MR) is 169 cm³/mol. The number of rotatable bonds is 26. The number of allylic oxidation sites excluding steroid dienone is 1. The zero-order valence-electron chi connectivity index (χ0n) is 26.2. The maximum Gasteiger partial charge on any atom is 0.337 e. The minimum Gasteiger partial charge on any atom is -0.490 e. The lowest BCUT2D eigenvalue weighted by molar-refractivity contribution is -0.172. The molecule has 0 spiro atoms. The molecule has 1 amide bonds. The van der Waals surface area contributed by atoms with Gasteiger partial charge >= 0.3 is 17.9 Å². The van der Waals surface area contributed by atoms with Crippen molar-refractivity contribution in [1.29, 1.82) is 0 Å². The van der Waals surface area contributed by atoms with Crippen LogP contribution in [0.1, 0.15) is 96.0 Å². The zero-order valence-corrected chi connectivity index (χ0v) is 26.2.